The molecule has 0 bridgehead atoms. The molecule has 22 heavy (non-hydrogen) atoms. The largest absolute Gasteiger partial charge is 0.297 e. The molecule has 0 saturated heterocycles. The fraction of sp³-hybridized carbons (Fsp3) is 1.00. The van der Waals surface area contributed by atoms with E-state index >= 15 is 0 Å². The van der Waals surface area contributed by atoms with E-state index in [0.717, 1.165) is 35.6 Å². The van der Waals surface area contributed by atoms with E-state index in [4.69, 9.17) is 0 Å². The second-order valence-corrected chi connectivity index (χ2v) is 9.16. The maximum atomic E-state index is 2.84. The molecule has 130 valence electrons. The van der Waals surface area contributed by atoms with Gasteiger partial charge in [0.25, 0.3) is 0 Å². The highest BCUT2D eigenvalue weighted by Crippen LogP contribution is 2.46. The number of rotatable bonds is 2. The van der Waals surface area contributed by atoms with Crippen molar-refractivity contribution < 1.29 is 0 Å². The third kappa shape index (κ3) is 3.40. The monoisotopic (exact) mass is 307 g/mol. The van der Waals surface area contributed by atoms with Gasteiger partial charge in [-0.15, -0.1) is 0 Å². The van der Waals surface area contributed by atoms with Crippen molar-refractivity contribution in [3.05, 3.63) is 0 Å². The van der Waals surface area contributed by atoms with Crippen LogP contribution in [0.3, 0.4) is 0 Å². The topological polar surface area (TPSA) is 3.24 Å². The Morgan fingerprint density at radius 1 is 0.636 bits per heavy atom. The van der Waals surface area contributed by atoms with Gasteiger partial charge in [-0.3, -0.25) is 4.90 Å². The normalized spacial score (nSPS) is 43.6. The standard InChI is InChI=1S/C21H41N/c1-15-16(2)18(4)20(19(5)17(15)3)22(7)21(6)13-11-9-8-10-12-14-21/h15-20H,8-14H2,1-7H3. The van der Waals surface area contributed by atoms with E-state index in [9.17, 15) is 0 Å². The van der Waals surface area contributed by atoms with E-state index in [1.165, 1.54) is 44.9 Å². The van der Waals surface area contributed by atoms with E-state index in [2.05, 4.69) is 53.5 Å². The summed E-state index contributed by atoms with van der Waals surface area (Å²) in [4.78, 5) is 2.84. The van der Waals surface area contributed by atoms with Gasteiger partial charge in [0.2, 0.25) is 0 Å². The summed E-state index contributed by atoms with van der Waals surface area (Å²) in [6.07, 6.45) is 10.0. The minimum atomic E-state index is 0.424. The molecule has 2 rings (SSSR count). The van der Waals surface area contributed by atoms with Crippen LogP contribution in [0.1, 0.15) is 86.5 Å². The molecule has 4 unspecified atom stereocenters. The summed E-state index contributed by atoms with van der Waals surface area (Å²) in [6, 6.07) is 0.755. The number of hydrogen-bond acceptors (Lipinski definition) is 1. The van der Waals surface area contributed by atoms with Crippen molar-refractivity contribution in [3.8, 4) is 0 Å². The van der Waals surface area contributed by atoms with Crippen molar-refractivity contribution in [3.63, 3.8) is 0 Å². The summed E-state index contributed by atoms with van der Waals surface area (Å²) in [7, 11) is 2.45. The first-order valence-electron chi connectivity index (χ1n) is 10.0. The molecule has 2 aliphatic carbocycles. The fourth-order valence-electron chi connectivity index (χ4n) is 5.62. The van der Waals surface area contributed by atoms with Crippen molar-refractivity contribution >= 4 is 0 Å². The van der Waals surface area contributed by atoms with Crippen LogP contribution in [0.2, 0.25) is 0 Å². The van der Waals surface area contributed by atoms with Crippen LogP contribution in [0.5, 0.6) is 0 Å². The molecular formula is C21H41N. The van der Waals surface area contributed by atoms with Gasteiger partial charge in [-0.1, -0.05) is 66.7 Å². The highest BCUT2D eigenvalue weighted by Gasteiger charge is 2.46. The number of hydrogen-bond donors (Lipinski definition) is 0. The first-order chi connectivity index (χ1) is 10.3. The third-order valence-corrected chi connectivity index (χ3v) is 8.12. The number of nitrogens with zero attached hydrogens (tertiary/aromatic N) is 1. The summed E-state index contributed by atoms with van der Waals surface area (Å²) < 4.78 is 0. The lowest BCUT2D eigenvalue weighted by Crippen LogP contribution is -2.59. The molecule has 0 N–H and O–H groups in total. The van der Waals surface area contributed by atoms with Gasteiger partial charge in [0.05, 0.1) is 0 Å². The highest BCUT2D eigenvalue weighted by atomic mass is 15.2. The Bertz CT molecular complexity index is 326. The Labute approximate surface area is 140 Å². The van der Waals surface area contributed by atoms with Gasteiger partial charge in [-0.25, -0.2) is 0 Å². The fourth-order valence-corrected chi connectivity index (χ4v) is 5.62. The molecule has 2 saturated carbocycles. The highest BCUT2D eigenvalue weighted by molar-refractivity contribution is 4.98. The molecule has 1 heteroatoms. The van der Waals surface area contributed by atoms with Crippen LogP contribution in [-0.4, -0.2) is 23.5 Å². The Morgan fingerprint density at radius 3 is 1.45 bits per heavy atom. The lowest BCUT2D eigenvalue weighted by molar-refractivity contribution is -0.0603. The van der Waals surface area contributed by atoms with Gasteiger partial charge in [0.15, 0.2) is 0 Å². The average molecular weight is 308 g/mol. The Kier molecular flexibility index (Phi) is 6.02. The second-order valence-electron chi connectivity index (χ2n) is 9.16. The predicted octanol–water partition coefficient (Wildman–Crippen LogP) is 5.98. The quantitative estimate of drug-likeness (QED) is 0.606. The molecule has 0 radical (unpaired) electrons. The van der Waals surface area contributed by atoms with Gasteiger partial charge < -0.3 is 0 Å². The van der Waals surface area contributed by atoms with Gasteiger partial charge in [-0.05, 0) is 56.4 Å². The third-order valence-electron chi connectivity index (χ3n) is 8.12. The lowest BCUT2D eigenvalue weighted by atomic mass is 9.61. The van der Waals surface area contributed by atoms with Crippen molar-refractivity contribution in [1.82, 2.24) is 4.90 Å². The van der Waals surface area contributed by atoms with Crippen molar-refractivity contribution in [1.29, 1.82) is 0 Å². The predicted molar refractivity (Wildman–Crippen MR) is 98.1 cm³/mol. The van der Waals surface area contributed by atoms with Crippen LogP contribution >= 0.6 is 0 Å². The second kappa shape index (κ2) is 7.24. The summed E-state index contributed by atoms with van der Waals surface area (Å²) >= 11 is 0. The smallest absolute Gasteiger partial charge is 0.0181 e. The van der Waals surface area contributed by atoms with Gasteiger partial charge in [0, 0.05) is 11.6 Å². The molecule has 0 aromatic rings. The zero-order valence-corrected chi connectivity index (χ0v) is 16.4. The summed E-state index contributed by atoms with van der Waals surface area (Å²) in [5, 5.41) is 0. The van der Waals surface area contributed by atoms with Crippen LogP contribution in [0.4, 0.5) is 0 Å². The Hall–Kier alpha value is -0.0400. The molecule has 0 amide bonds. The molecule has 0 spiro atoms. The first kappa shape index (κ1) is 18.3. The van der Waals surface area contributed by atoms with Gasteiger partial charge in [0.1, 0.15) is 0 Å². The Morgan fingerprint density at radius 2 is 1.00 bits per heavy atom. The lowest BCUT2D eigenvalue weighted by Gasteiger charge is -2.55. The molecular weight excluding hydrogens is 266 g/mol. The molecule has 0 aromatic heterocycles. The molecule has 0 heterocycles. The molecule has 2 fully saturated rings. The average Bonchev–Trinajstić information content (AvgIpc) is 2.47. The Balaban J connectivity index is 2.19. The van der Waals surface area contributed by atoms with E-state index in [1.807, 2.05) is 0 Å². The van der Waals surface area contributed by atoms with E-state index in [-0.39, 0.29) is 0 Å². The van der Waals surface area contributed by atoms with E-state index in [1.54, 1.807) is 0 Å². The maximum Gasteiger partial charge on any atom is 0.0181 e. The van der Waals surface area contributed by atoms with E-state index < -0.39 is 0 Å². The van der Waals surface area contributed by atoms with Crippen LogP contribution in [-0.2, 0) is 0 Å². The van der Waals surface area contributed by atoms with Crippen LogP contribution < -0.4 is 0 Å². The summed E-state index contributed by atoms with van der Waals surface area (Å²) in [6.45, 7) is 15.1. The van der Waals surface area contributed by atoms with Crippen LogP contribution in [0.25, 0.3) is 0 Å². The van der Waals surface area contributed by atoms with Gasteiger partial charge >= 0.3 is 0 Å². The van der Waals surface area contributed by atoms with Crippen molar-refractivity contribution in [2.24, 2.45) is 29.6 Å². The molecule has 4 atom stereocenters. The first-order valence-corrected chi connectivity index (χ1v) is 10.0. The summed E-state index contributed by atoms with van der Waals surface area (Å²) in [5.74, 6) is 4.17. The summed E-state index contributed by atoms with van der Waals surface area (Å²) in [5.41, 5.74) is 0.424. The molecule has 0 aromatic carbocycles. The zero-order chi connectivity index (χ0) is 16.5. The van der Waals surface area contributed by atoms with Crippen molar-refractivity contribution in [2.75, 3.05) is 7.05 Å². The van der Waals surface area contributed by atoms with Crippen molar-refractivity contribution in [2.45, 2.75) is 98.1 Å². The maximum absolute atomic E-state index is 2.84. The minimum Gasteiger partial charge on any atom is -0.297 e. The zero-order valence-electron chi connectivity index (χ0n) is 16.4. The van der Waals surface area contributed by atoms with Gasteiger partial charge in [-0.2, -0.15) is 0 Å². The SMILES string of the molecule is CC1C(C)C(C)C(N(C)C2(C)CCCCCCC2)C(C)C1C. The molecule has 0 aliphatic heterocycles. The molecule has 1 nitrogen and oxygen atoms in total. The van der Waals surface area contributed by atoms with Crippen LogP contribution in [0.15, 0.2) is 0 Å². The molecule has 2 aliphatic rings. The van der Waals surface area contributed by atoms with Crippen LogP contribution in [0, 0.1) is 29.6 Å². The minimum absolute atomic E-state index is 0.424. The van der Waals surface area contributed by atoms with E-state index in [0.29, 0.717) is 5.54 Å².